The first-order chi connectivity index (χ1) is 8.53. The first-order valence-electron chi connectivity index (χ1n) is 7.06. The fraction of sp³-hybridized carbons (Fsp3) is 0.647. The number of rotatable bonds is 3. The molecule has 0 spiro atoms. The van der Waals surface area contributed by atoms with Crippen LogP contribution in [0.2, 0.25) is 6.72 Å². The molecule has 0 saturated heterocycles. The van der Waals surface area contributed by atoms with E-state index in [4.69, 9.17) is 0 Å². The van der Waals surface area contributed by atoms with E-state index in [-0.39, 0.29) is 0 Å². The molecule has 0 aliphatic heterocycles. The molecule has 0 unspecified atom stereocenters. The quantitative estimate of drug-likeness (QED) is 0.726. The van der Waals surface area contributed by atoms with Gasteiger partial charge < -0.3 is 0 Å². The Morgan fingerprint density at radius 2 is 1.37 bits per heavy atom. The van der Waals surface area contributed by atoms with Crippen LogP contribution < -0.4 is 3.51 Å². The van der Waals surface area contributed by atoms with Crippen LogP contribution >= 0.6 is 0 Å². The van der Waals surface area contributed by atoms with E-state index in [0.29, 0.717) is 6.72 Å². The van der Waals surface area contributed by atoms with Gasteiger partial charge in [-0.2, -0.15) is 0 Å². The van der Waals surface area contributed by atoms with Gasteiger partial charge in [0.2, 0.25) is 0 Å². The van der Waals surface area contributed by atoms with Gasteiger partial charge in [0.15, 0.2) is 0 Å². The Balaban J connectivity index is 3.31. The van der Waals surface area contributed by atoms with Gasteiger partial charge in [-0.25, -0.2) is 0 Å². The van der Waals surface area contributed by atoms with Gasteiger partial charge in [-0.3, -0.25) is 0 Å². The molecule has 1 rings (SSSR count). The summed E-state index contributed by atoms with van der Waals surface area (Å²) in [5, 5.41) is 0. The Kier molecular flexibility index (Phi) is 5.55. The van der Waals surface area contributed by atoms with Crippen LogP contribution in [-0.2, 0) is 6.54 Å². The van der Waals surface area contributed by atoms with Crippen molar-refractivity contribution in [3.63, 3.8) is 0 Å². The number of nitrogens with zero attached hydrogens (tertiary/aromatic N) is 1. The fourth-order valence-electron chi connectivity index (χ4n) is 2.93. The fourth-order valence-corrected chi connectivity index (χ4v) is 14.7. The van der Waals surface area contributed by atoms with Crippen molar-refractivity contribution >= 4 is 23.7 Å². The summed E-state index contributed by atoms with van der Waals surface area (Å²) in [6.07, 6.45) is 0. The molecule has 0 saturated carbocycles. The number of benzene rings is 1. The molecular formula is C17H30NSb. The molecule has 19 heavy (non-hydrogen) atoms. The van der Waals surface area contributed by atoms with Gasteiger partial charge in [0.25, 0.3) is 0 Å². The average molecular weight is 370 g/mol. The van der Waals surface area contributed by atoms with Crippen LogP contribution in [0.1, 0.15) is 47.1 Å². The summed E-state index contributed by atoms with van der Waals surface area (Å²) in [5.74, 6) is 0. The van der Waals surface area contributed by atoms with Crippen LogP contribution in [0.15, 0.2) is 24.3 Å². The summed E-state index contributed by atoms with van der Waals surface area (Å²) >= 11 is -1.62. The summed E-state index contributed by atoms with van der Waals surface area (Å²) in [4.78, 5) is 2.28. The number of hydrogen-bond acceptors (Lipinski definition) is 1. The second-order valence-electron chi connectivity index (χ2n) is 7.54. The molecular weight excluding hydrogens is 340 g/mol. The van der Waals surface area contributed by atoms with Crippen molar-refractivity contribution in [2.75, 3.05) is 14.1 Å². The van der Waals surface area contributed by atoms with E-state index in [1.807, 2.05) is 0 Å². The molecule has 0 fully saturated rings. The first-order valence-corrected chi connectivity index (χ1v) is 10.9. The van der Waals surface area contributed by atoms with E-state index in [1.165, 1.54) is 0 Å². The third-order valence-electron chi connectivity index (χ3n) is 3.06. The Morgan fingerprint density at radius 1 is 0.895 bits per heavy atom. The molecule has 0 aromatic heterocycles. The normalized spacial score (nSPS) is 13.4. The van der Waals surface area contributed by atoms with Gasteiger partial charge in [-0.1, -0.05) is 0 Å². The summed E-state index contributed by atoms with van der Waals surface area (Å²) in [7, 11) is 4.32. The van der Waals surface area contributed by atoms with Crippen molar-refractivity contribution in [3.05, 3.63) is 29.8 Å². The molecule has 0 heterocycles. The van der Waals surface area contributed by atoms with Gasteiger partial charge in [0, 0.05) is 0 Å². The maximum absolute atomic E-state index is 2.44. The molecule has 0 bridgehead atoms. The predicted molar refractivity (Wildman–Crippen MR) is 88.7 cm³/mol. The van der Waals surface area contributed by atoms with Crippen molar-refractivity contribution < 1.29 is 0 Å². The molecule has 0 aliphatic rings. The zero-order valence-electron chi connectivity index (χ0n) is 13.9. The third kappa shape index (κ3) is 4.79. The minimum absolute atomic E-state index is 0.448. The van der Waals surface area contributed by atoms with Crippen molar-refractivity contribution in [1.82, 2.24) is 4.90 Å². The second kappa shape index (κ2) is 6.18. The maximum atomic E-state index is 2.44. The second-order valence-corrected chi connectivity index (χ2v) is 18.5. The van der Waals surface area contributed by atoms with Gasteiger partial charge >= 0.3 is 127 Å². The zero-order valence-corrected chi connectivity index (χ0v) is 16.5. The predicted octanol–water partition coefficient (Wildman–Crippen LogP) is 4.05. The van der Waals surface area contributed by atoms with Crippen LogP contribution in [0.3, 0.4) is 0 Å². The van der Waals surface area contributed by atoms with Crippen molar-refractivity contribution in [2.24, 2.45) is 0 Å². The van der Waals surface area contributed by atoms with Crippen LogP contribution in [0, 0.1) is 0 Å². The van der Waals surface area contributed by atoms with Crippen LogP contribution in [0.5, 0.6) is 0 Å². The molecule has 0 amide bonds. The van der Waals surface area contributed by atoms with Crippen molar-refractivity contribution in [3.8, 4) is 0 Å². The summed E-state index contributed by atoms with van der Waals surface area (Å²) < 4.78 is 2.59. The summed E-state index contributed by atoms with van der Waals surface area (Å²) in [5.41, 5.74) is 1.54. The average Bonchev–Trinajstić information content (AvgIpc) is 2.15. The molecule has 108 valence electrons. The van der Waals surface area contributed by atoms with Crippen LogP contribution in [0.4, 0.5) is 0 Å². The molecule has 0 aliphatic carbocycles. The van der Waals surface area contributed by atoms with E-state index in [2.05, 4.69) is 84.8 Å². The van der Waals surface area contributed by atoms with Gasteiger partial charge in [0.1, 0.15) is 0 Å². The summed E-state index contributed by atoms with van der Waals surface area (Å²) in [6.45, 7) is 15.7. The van der Waals surface area contributed by atoms with Gasteiger partial charge in [-0.15, -0.1) is 0 Å². The third-order valence-corrected chi connectivity index (χ3v) is 13.3. The van der Waals surface area contributed by atoms with Crippen LogP contribution in [0.25, 0.3) is 0 Å². The van der Waals surface area contributed by atoms with E-state index in [1.54, 1.807) is 9.07 Å². The SMILES string of the molecule is CN(C)Cc1cccc[c]1[Sb]([C](C)(C)C)[C](C)(C)C. The standard InChI is InChI=1S/C9H12N.2C4H9.Sb/c1-10(2)8-9-6-4-3-5-7-9;2*1-4(2)3;/h3-6H,8H2,1-2H3;2*1-3H3;. The van der Waals surface area contributed by atoms with E-state index in [9.17, 15) is 0 Å². The topological polar surface area (TPSA) is 3.24 Å². The molecule has 2 heteroatoms. The summed E-state index contributed by atoms with van der Waals surface area (Å²) in [6, 6.07) is 9.14. The molecule has 0 atom stereocenters. The van der Waals surface area contributed by atoms with Gasteiger partial charge in [0.05, 0.1) is 0 Å². The van der Waals surface area contributed by atoms with E-state index >= 15 is 0 Å². The molecule has 1 aromatic rings. The monoisotopic (exact) mass is 369 g/mol. The van der Waals surface area contributed by atoms with Crippen molar-refractivity contribution in [1.29, 1.82) is 0 Å². The Bertz CT molecular complexity index is 396. The Labute approximate surface area is 127 Å². The van der Waals surface area contributed by atoms with E-state index in [0.717, 1.165) is 6.54 Å². The molecule has 0 N–H and O–H groups in total. The molecule has 0 radical (unpaired) electrons. The molecule has 1 aromatic carbocycles. The van der Waals surface area contributed by atoms with Crippen LogP contribution in [-0.4, -0.2) is 39.2 Å². The van der Waals surface area contributed by atoms with Gasteiger partial charge in [-0.05, 0) is 0 Å². The number of hydrogen-bond donors (Lipinski definition) is 0. The molecule has 1 nitrogen and oxygen atoms in total. The minimum atomic E-state index is -1.62. The Hall–Kier alpha value is -0.00182. The van der Waals surface area contributed by atoms with E-state index < -0.39 is 20.2 Å². The zero-order chi connectivity index (χ0) is 14.8. The Morgan fingerprint density at radius 3 is 1.79 bits per heavy atom. The van der Waals surface area contributed by atoms with Crippen molar-refractivity contribution in [2.45, 2.75) is 54.8 Å². The first kappa shape index (κ1) is 17.1.